The van der Waals surface area contributed by atoms with Crippen LogP contribution in [0.15, 0.2) is 4.99 Å². The summed E-state index contributed by atoms with van der Waals surface area (Å²) in [5.74, 6) is 0.568. The van der Waals surface area contributed by atoms with E-state index < -0.39 is 0 Å². The van der Waals surface area contributed by atoms with Gasteiger partial charge in [-0.1, -0.05) is 6.92 Å². The van der Waals surface area contributed by atoms with Crippen molar-refractivity contribution in [2.24, 2.45) is 10.7 Å². The second-order valence-electron chi connectivity index (χ2n) is 3.88. The second-order valence-corrected chi connectivity index (χ2v) is 3.88. The predicted octanol–water partition coefficient (Wildman–Crippen LogP) is 1.26. The van der Waals surface area contributed by atoms with E-state index in [9.17, 15) is 0 Å². The highest BCUT2D eigenvalue weighted by atomic mass is 127. The molecule has 0 rings (SSSR count). The Morgan fingerprint density at radius 1 is 1.47 bits per heavy atom. The van der Waals surface area contributed by atoms with Crippen molar-refractivity contribution in [1.29, 1.82) is 0 Å². The lowest BCUT2D eigenvalue weighted by Gasteiger charge is -2.12. The average molecular weight is 328 g/mol. The van der Waals surface area contributed by atoms with Crippen molar-refractivity contribution in [2.75, 3.05) is 27.2 Å². The van der Waals surface area contributed by atoms with Crippen molar-refractivity contribution in [3.8, 4) is 0 Å². The fraction of sp³-hybridized carbons (Fsp3) is 0.900. The van der Waals surface area contributed by atoms with Crippen LogP contribution in [-0.2, 0) is 0 Å². The van der Waals surface area contributed by atoms with Crippen molar-refractivity contribution in [3.05, 3.63) is 0 Å². The Morgan fingerprint density at radius 3 is 2.53 bits per heavy atom. The maximum absolute atomic E-state index is 5.69. The minimum Gasteiger partial charge on any atom is -0.370 e. The predicted molar refractivity (Wildman–Crippen MR) is 78.0 cm³/mol. The maximum atomic E-state index is 5.69. The third-order valence-electron chi connectivity index (χ3n) is 2.05. The fourth-order valence-corrected chi connectivity index (χ4v) is 0.987. The summed E-state index contributed by atoms with van der Waals surface area (Å²) in [5, 5.41) is 3.13. The first-order chi connectivity index (χ1) is 6.56. The molecule has 5 heteroatoms. The fourth-order valence-electron chi connectivity index (χ4n) is 0.987. The zero-order chi connectivity index (χ0) is 11.0. The summed E-state index contributed by atoms with van der Waals surface area (Å²) in [6, 6.07) is 0.410. The molecule has 15 heavy (non-hydrogen) atoms. The number of nitrogens with zero attached hydrogens (tertiary/aromatic N) is 2. The van der Waals surface area contributed by atoms with Crippen molar-refractivity contribution < 1.29 is 0 Å². The Hall–Kier alpha value is -0.0400. The van der Waals surface area contributed by atoms with Crippen LogP contribution in [0.1, 0.15) is 26.7 Å². The molecule has 0 aliphatic carbocycles. The van der Waals surface area contributed by atoms with Crippen LogP contribution in [0.5, 0.6) is 0 Å². The van der Waals surface area contributed by atoms with Gasteiger partial charge < -0.3 is 16.0 Å². The van der Waals surface area contributed by atoms with Crippen LogP contribution in [0.2, 0.25) is 0 Å². The molecule has 0 fully saturated rings. The Kier molecular flexibility index (Phi) is 12.1. The molecule has 0 saturated carbocycles. The van der Waals surface area contributed by atoms with Crippen molar-refractivity contribution in [3.63, 3.8) is 0 Å². The number of guanidine groups is 1. The van der Waals surface area contributed by atoms with E-state index in [1.165, 1.54) is 0 Å². The van der Waals surface area contributed by atoms with Crippen LogP contribution >= 0.6 is 24.0 Å². The van der Waals surface area contributed by atoms with Gasteiger partial charge in [-0.3, -0.25) is 4.99 Å². The quantitative estimate of drug-likeness (QED) is 0.334. The number of nitrogens with one attached hydrogen (secondary N) is 1. The van der Waals surface area contributed by atoms with E-state index in [1.807, 2.05) is 0 Å². The Bertz CT molecular complexity index is 171. The first-order valence-corrected chi connectivity index (χ1v) is 5.27. The van der Waals surface area contributed by atoms with Gasteiger partial charge in [0, 0.05) is 12.6 Å². The van der Waals surface area contributed by atoms with Gasteiger partial charge in [-0.2, -0.15) is 0 Å². The Balaban J connectivity index is 0. The third kappa shape index (κ3) is 11.9. The first kappa shape index (κ1) is 17.4. The van der Waals surface area contributed by atoms with Gasteiger partial charge in [-0.05, 0) is 40.4 Å². The Labute approximate surface area is 111 Å². The molecule has 0 saturated heterocycles. The number of rotatable bonds is 6. The van der Waals surface area contributed by atoms with Gasteiger partial charge in [-0.15, -0.1) is 24.0 Å². The van der Waals surface area contributed by atoms with E-state index in [0.717, 1.165) is 25.9 Å². The van der Waals surface area contributed by atoms with Gasteiger partial charge in [0.1, 0.15) is 0 Å². The standard InChI is InChI=1S/C10H24N4.HI/c1-5-9(2)13-10(11)12-7-6-8-14(3)4;/h9H,5-8H2,1-4H3,(H3,11,12,13);1H. The highest BCUT2D eigenvalue weighted by molar-refractivity contribution is 14.0. The molecule has 0 heterocycles. The van der Waals surface area contributed by atoms with E-state index in [0.29, 0.717) is 12.0 Å². The lowest BCUT2D eigenvalue weighted by Crippen LogP contribution is -2.38. The van der Waals surface area contributed by atoms with Crippen LogP contribution in [0, 0.1) is 0 Å². The summed E-state index contributed by atoms with van der Waals surface area (Å²) < 4.78 is 0. The van der Waals surface area contributed by atoms with Crippen molar-refractivity contribution in [1.82, 2.24) is 10.2 Å². The minimum absolute atomic E-state index is 0. The molecule has 0 radical (unpaired) electrons. The van der Waals surface area contributed by atoms with Gasteiger partial charge in [0.15, 0.2) is 5.96 Å². The number of hydrogen-bond acceptors (Lipinski definition) is 2. The van der Waals surface area contributed by atoms with Gasteiger partial charge in [0.05, 0.1) is 0 Å². The van der Waals surface area contributed by atoms with Crippen LogP contribution in [0.25, 0.3) is 0 Å². The molecular weight excluding hydrogens is 303 g/mol. The summed E-state index contributed by atoms with van der Waals surface area (Å²) in [6.45, 7) is 6.08. The molecule has 1 unspecified atom stereocenters. The molecule has 0 spiro atoms. The van der Waals surface area contributed by atoms with E-state index in [1.54, 1.807) is 0 Å². The molecule has 4 nitrogen and oxygen atoms in total. The topological polar surface area (TPSA) is 53.6 Å². The van der Waals surface area contributed by atoms with E-state index in [2.05, 4.69) is 43.2 Å². The number of halogens is 1. The number of aliphatic imine (C=N–C) groups is 1. The zero-order valence-corrected chi connectivity index (χ0v) is 12.6. The summed E-state index contributed by atoms with van der Waals surface area (Å²) in [5.41, 5.74) is 5.69. The largest absolute Gasteiger partial charge is 0.370 e. The second kappa shape index (κ2) is 10.5. The average Bonchev–Trinajstić information content (AvgIpc) is 2.12. The van der Waals surface area contributed by atoms with E-state index in [-0.39, 0.29) is 24.0 Å². The molecule has 0 aliphatic heterocycles. The van der Waals surface area contributed by atoms with Crippen LogP contribution in [0.3, 0.4) is 0 Å². The molecule has 0 aromatic heterocycles. The lowest BCUT2D eigenvalue weighted by atomic mass is 10.3. The van der Waals surface area contributed by atoms with Crippen LogP contribution in [0.4, 0.5) is 0 Å². The third-order valence-corrected chi connectivity index (χ3v) is 2.05. The monoisotopic (exact) mass is 328 g/mol. The highest BCUT2D eigenvalue weighted by Gasteiger charge is 1.98. The number of nitrogens with two attached hydrogens (primary N) is 1. The first-order valence-electron chi connectivity index (χ1n) is 5.27. The molecule has 92 valence electrons. The molecule has 1 atom stereocenters. The van der Waals surface area contributed by atoms with Crippen LogP contribution < -0.4 is 11.1 Å². The summed E-state index contributed by atoms with van der Waals surface area (Å²) in [6.07, 6.45) is 2.11. The minimum atomic E-state index is 0. The summed E-state index contributed by atoms with van der Waals surface area (Å²) in [4.78, 5) is 6.39. The normalized spacial score (nSPS) is 13.5. The van der Waals surface area contributed by atoms with Gasteiger partial charge in [0.2, 0.25) is 0 Å². The number of hydrogen-bond donors (Lipinski definition) is 2. The highest BCUT2D eigenvalue weighted by Crippen LogP contribution is 1.88. The molecule has 0 amide bonds. The summed E-state index contributed by atoms with van der Waals surface area (Å²) >= 11 is 0. The molecule has 0 bridgehead atoms. The lowest BCUT2D eigenvalue weighted by molar-refractivity contribution is 0.403. The zero-order valence-electron chi connectivity index (χ0n) is 10.3. The molecular formula is C10H25IN4. The van der Waals surface area contributed by atoms with E-state index >= 15 is 0 Å². The smallest absolute Gasteiger partial charge is 0.188 e. The molecule has 0 aliphatic rings. The van der Waals surface area contributed by atoms with Gasteiger partial charge in [0.25, 0.3) is 0 Å². The molecule has 0 aromatic rings. The Morgan fingerprint density at radius 2 is 2.07 bits per heavy atom. The van der Waals surface area contributed by atoms with Gasteiger partial charge in [-0.25, -0.2) is 0 Å². The molecule has 3 N–H and O–H groups in total. The summed E-state index contributed by atoms with van der Waals surface area (Å²) in [7, 11) is 4.12. The molecule has 0 aromatic carbocycles. The van der Waals surface area contributed by atoms with Crippen LogP contribution in [-0.4, -0.2) is 44.1 Å². The van der Waals surface area contributed by atoms with Crippen molar-refractivity contribution in [2.45, 2.75) is 32.7 Å². The van der Waals surface area contributed by atoms with E-state index in [4.69, 9.17) is 5.73 Å². The maximum Gasteiger partial charge on any atom is 0.188 e. The SMILES string of the molecule is CCC(C)NC(N)=NCCCN(C)C.I. The van der Waals surface area contributed by atoms with Gasteiger partial charge >= 0.3 is 0 Å². The van der Waals surface area contributed by atoms with Crippen molar-refractivity contribution >= 4 is 29.9 Å².